The summed E-state index contributed by atoms with van der Waals surface area (Å²) in [6.45, 7) is 7.98. The summed E-state index contributed by atoms with van der Waals surface area (Å²) in [5.41, 5.74) is 1.19. The van der Waals surface area contributed by atoms with E-state index in [0.29, 0.717) is 13.2 Å². The van der Waals surface area contributed by atoms with E-state index in [-0.39, 0.29) is 17.6 Å². The highest BCUT2D eigenvalue weighted by atomic mass is 16.5. The van der Waals surface area contributed by atoms with Crippen LogP contribution in [0, 0.1) is 5.41 Å². The van der Waals surface area contributed by atoms with E-state index in [0.717, 1.165) is 23.5 Å². The molecule has 1 aliphatic heterocycles. The molecule has 1 aromatic rings. The minimum Gasteiger partial charge on any atom is -0.490 e. The van der Waals surface area contributed by atoms with Crippen molar-refractivity contribution in [3.63, 3.8) is 0 Å². The molecule has 118 valence electrons. The Kier molecular flexibility index (Phi) is 5.12. The Morgan fingerprint density at radius 3 is 2.38 bits per heavy atom. The maximum Gasteiger partial charge on any atom is 0.161 e. The molecule has 0 saturated heterocycles. The Bertz CT molecular complexity index is 468. The normalized spacial score (nSPS) is 18.0. The average Bonchev–Trinajstić information content (AvgIpc) is 2.67. The monoisotopic (exact) mass is 293 g/mol. The zero-order valence-corrected chi connectivity index (χ0v) is 13.7. The summed E-state index contributed by atoms with van der Waals surface area (Å²) in [6.07, 6.45) is 0.981. The highest BCUT2D eigenvalue weighted by Crippen LogP contribution is 2.37. The first-order valence-electron chi connectivity index (χ1n) is 7.57. The molecule has 1 aromatic carbocycles. The van der Waals surface area contributed by atoms with Gasteiger partial charge >= 0.3 is 0 Å². The van der Waals surface area contributed by atoms with E-state index in [4.69, 9.17) is 14.2 Å². The Hall–Kier alpha value is -1.26. The molecule has 0 aliphatic carbocycles. The van der Waals surface area contributed by atoms with Crippen molar-refractivity contribution >= 4 is 0 Å². The van der Waals surface area contributed by atoms with Gasteiger partial charge < -0.3 is 19.5 Å². The van der Waals surface area contributed by atoms with Gasteiger partial charge in [0.2, 0.25) is 0 Å². The standard InChI is InChI=1S/C17H27NO3/c1-17(2,3)16(19-5)15(18-4)12-7-8-13-14(11-12)21-10-6-9-20-13/h7-8,11,15-16,18H,6,9-10H2,1-5H3. The lowest BCUT2D eigenvalue weighted by atomic mass is 9.82. The summed E-state index contributed by atoms with van der Waals surface area (Å²) in [7, 11) is 3.73. The molecule has 1 aliphatic rings. The van der Waals surface area contributed by atoms with Gasteiger partial charge in [-0.25, -0.2) is 0 Å². The highest BCUT2D eigenvalue weighted by Gasteiger charge is 2.33. The van der Waals surface area contributed by atoms with Gasteiger partial charge in [0, 0.05) is 13.5 Å². The van der Waals surface area contributed by atoms with Gasteiger partial charge in [-0.05, 0) is 30.2 Å². The van der Waals surface area contributed by atoms with E-state index >= 15 is 0 Å². The predicted molar refractivity (Wildman–Crippen MR) is 84.1 cm³/mol. The molecule has 0 saturated carbocycles. The number of likely N-dealkylation sites (N-methyl/N-ethyl adjacent to an activating group) is 1. The minimum absolute atomic E-state index is 0.0343. The maximum atomic E-state index is 5.79. The van der Waals surface area contributed by atoms with Crippen LogP contribution in [0.3, 0.4) is 0 Å². The van der Waals surface area contributed by atoms with E-state index in [1.165, 1.54) is 0 Å². The van der Waals surface area contributed by atoms with Crippen LogP contribution in [0.15, 0.2) is 18.2 Å². The summed E-state index contributed by atoms with van der Waals surface area (Å²) in [5, 5.41) is 3.38. The molecule has 0 aromatic heterocycles. The molecule has 2 atom stereocenters. The number of benzene rings is 1. The molecule has 4 heteroatoms. The van der Waals surface area contributed by atoms with E-state index < -0.39 is 0 Å². The van der Waals surface area contributed by atoms with Crippen molar-refractivity contribution in [1.29, 1.82) is 0 Å². The summed E-state index contributed by atoms with van der Waals surface area (Å²) >= 11 is 0. The first-order chi connectivity index (χ1) is 9.97. The van der Waals surface area contributed by atoms with Gasteiger partial charge in [-0.3, -0.25) is 0 Å². The van der Waals surface area contributed by atoms with Gasteiger partial charge in [-0.2, -0.15) is 0 Å². The predicted octanol–water partition coefficient (Wildman–Crippen LogP) is 3.17. The molecular formula is C17H27NO3. The average molecular weight is 293 g/mol. The third-order valence-corrected chi connectivity index (χ3v) is 3.85. The molecule has 21 heavy (non-hydrogen) atoms. The van der Waals surface area contributed by atoms with Gasteiger partial charge in [-0.15, -0.1) is 0 Å². The van der Waals surface area contributed by atoms with Gasteiger partial charge in [0.15, 0.2) is 11.5 Å². The molecule has 4 nitrogen and oxygen atoms in total. The summed E-state index contributed by atoms with van der Waals surface area (Å²) in [4.78, 5) is 0. The van der Waals surface area contributed by atoms with Crippen LogP contribution in [0.25, 0.3) is 0 Å². The first kappa shape index (κ1) is 16.1. The fraction of sp³-hybridized carbons (Fsp3) is 0.647. The Morgan fingerprint density at radius 2 is 1.81 bits per heavy atom. The third kappa shape index (κ3) is 3.69. The summed E-state index contributed by atoms with van der Waals surface area (Å²) in [5.74, 6) is 1.66. The van der Waals surface area contributed by atoms with Gasteiger partial charge in [0.05, 0.1) is 25.4 Å². The number of rotatable bonds is 4. The second kappa shape index (κ2) is 6.67. The molecular weight excluding hydrogens is 266 g/mol. The van der Waals surface area contributed by atoms with Crippen molar-refractivity contribution in [2.45, 2.75) is 39.3 Å². The molecule has 2 rings (SSSR count). The molecule has 2 unspecified atom stereocenters. The molecule has 0 bridgehead atoms. The maximum absolute atomic E-state index is 5.79. The molecule has 0 radical (unpaired) electrons. The smallest absolute Gasteiger partial charge is 0.161 e. The van der Waals surface area contributed by atoms with Crippen molar-refractivity contribution < 1.29 is 14.2 Å². The van der Waals surface area contributed by atoms with E-state index in [1.54, 1.807) is 7.11 Å². The first-order valence-corrected chi connectivity index (χ1v) is 7.57. The number of hydrogen-bond acceptors (Lipinski definition) is 4. The van der Waals surface area contributed by atoms with Gasteiger partial charge in [-0.1, -0.05) is 26.8 Å². The molecule has 1 N–H and O–H groups in total. The third-order valence-electron chi connectivity index (χ3n) is 3.85. The van der Waals surface area contributed by atoms with Gasteiger partial charge in [0.1, 0.15) is 0 Å². The van der Waals surface area contributed by atoms with Crippen LogP contribution in [0.2, 0.25) is 0 Å². The van der Waals surface area contributed by atoms with Crippen LogP contribution in [0.1, 0.15) is 38.8 Å². The fourth-order valence-electron chi connectivity index (χ4n) is 2.86. The summed E-state index contributed by atoms with van der Waals surface area (Å²) < 4.78 is 17.2. The van der Waals surface area contributed by atoms with E-state index in [9.17, 15) is 0 Å². The molecule has 0 fully saturated rings. The number of methoxy groups -OCH3 is 1. The SMILES string of the molecule is CNC(c1ccc2c(c1)OCCCO2)C(OC)C(C)(C)C. The number of nitrogens with one attached hydrogen (secondary N) is 1. The second-order valence-corrected chi connectivity index (χ2v) is 6.55. The van der Waals surface area contributed by atoms with Crippen LogP contribution in [-0.4, -0.2) is 33.5 Å². The van der Waals surface area contributed by atoms with Gasteiger partial charge in [0.25, 0.3) is 0 Å². The zero-order valence-electron chi connectivity index (χ0n) is 13.7. The minimum atomic E-state index is 0.0343. The Labute approximate surface area is 127 Å². The topological polar surface area (TPSA) is 39.7 Å². The van der Waals surface area contributed by atoms with Crippen molar-refractivity contribution in [2.24, 2.45) is 5.41 Å². The number of fused-ring (bicyclic) bond motifs is 1. The molecule has 0 spiro atoms. The second-order valence-electron chi connectivity index (χ2n) is 6.55. The Balaban J connectivity index is 2.32. The summed E-state index contributed by atoms with van der Waals surface area (Å²) in [6, 6.07) is 6.26. The van der Waals surface area contributed by atoms with Crippen molar-refractivity contribution in [3.8, 4) is 11.5 Å². The molecule has 1 heterocycles. The van der Waals surface area contributed by atoms with Crippen molar-refractivity contribution in [3.05, 3.63) is 23.8 Å². The molecule has 0 amide bonds. The van der Waals surface area contributed by atoms with E-state index in [1.807, 2.05) is 13.1 Å². The van der Waals surface area contributed by atoms with Crippen molar-refractivity contribution in [2.75, 3.05) is 27.4 Å². The number of ether oxygens (including phenoxy) is 3. The van der Waals surface area contributed by atoms with Crippen LogP contribution in [0.4, 0.5) is 0 Å². The largest absolute Gasteiger partial charge is 0.490 e. The lowest BCUT2D eigenvalue weighted by Gasteiger charge is -2.36. The van der Waals surface area contributed by atoms with Crippen LogP contribution in [-0.2, 0) is 4.74 Å². The van der Waals surface area contributed by atoms with Crippen molar-refractivity contribution in [1.82, 2.24) is 5.32 Å². The lowest BCUT2D eigenvalue weighted by Crippen LogP contribution is -2.40. The van der Waals surface area contributed by atoms with Crippen LogP contribution in [0.5, 0.6) is 11.5 Å². The highest BCUT2D eigenvalue weighted by molar-refractivity contribution is 5.44. The quantitative estimate of drug-likeness (QED) is 0.925. The van der Waals surface area contributed by atoms with E-state index in [2.05, 4.69) is 38.2 Å². The number of hydrogen-bond donors (Lipinski definition) is 1. The lowest BCUT2D eigenvalue weighted by molar-refractivity contribution is -0.0102. The van der Waals surface area contributed by atoms with Crippen LogP contribution < -0.4 is 14.8 Å². The zero-order chi connectivity index (χ0) is 15.5. The van der Waals surface area contributed by atoms with Crippen LogP contribution >= 0.6 is 0 Å². The fourth-order valence-corrected chi connectivity index (χ4v) is 2.86. The Morgan fingerprint density at radius 1 is 1.14 bits per heavy atom.